The first-order valence-electron chi connectivity index (χ1n) is 9.02. The van der Waals surface area contributed by atoms with Gasteiger partial charge in [-0.2, -0.15) is 0 Å². The van der Waals surface area contributed by atoms with Crippen molar-refractivity contribution in [2.75, 3.05) is 22.5 Å². The van der Waals surface area contributed by atoms with Crippen LogP contribution in [0.1, 0.15) is 25.5 Å². The predicted octanol–water partition coefficient (Wildman–Crippen LogP) is 3.46. The van der Waals surface area contributed by atoms with E-state index < -0.39 is 6.10 Å². The molecule has 0 radical (unpaired) electrons. The Balaban J connectivity index is 1.75. The van der Waals surface area contributed by atoms with Gasteiger partial charge in [-0.15, -0.1) is 11.8 Å². The fraction of sp³-hybridized carbons (Fsp3) is 0.333. The first-order valence-corrected chi connectivity index (χ1v) is 10.1. The lowest BCUT2D eigenvalue weighted by Gasteiger charge is -2.33. The lowest BCUT2D eigenvalue weighted by atomic mass is 10.1. The lowest BCUT2D eigenvalue weighted by molar-refractivity contribution is -0.122. The number of aliphatic hydroxyl groups is 1. The largest absolute Gasteiger partial charge is 0.388 e. The summed E-state index contributed by atoms with van der Waals surface area (Å²) in [5, 5.41) is 12.9. The normalized spacial score (nSPS) is 15.9. The van der Waals surface area contributed by atoms with Crippen LogP contribution in [0.5, 0.6) is 0 Å². The minimum atomic E-state index is -0.637. The Hall–Kier alpha value is -2.31. The average molecular weight is 385 g/mol. The summed E-state index contributed by atoms with van der Waals surface area (Å²) >= 11 is 1.44. The van der Waals surface area contributed by atoms with Crippen molar-refractivity contribution < 1.29 is 14.7 Å². The number of hydrogen-bond acceptors (Lipinski definition) is 4. The van der Waals surface area contributed by atoms with E-state index in [4.69, 9.17) is 0 Å². The minimum absolute atomic E-state index is 0.0147. The van der Waals surface area contributed by atoms with E-state index in [1.807, 2.05) is 62.4 Å². The Bertz CT molecular complexity index is 810. The standard InChI is InChI=1S/C21H24N2O3S/c1-14(2)20(27-13-18(24)15-8-4-3-5-9-15)21(26)23-12-19(25)22-16-10-6-7-11-17(16)23/h3-11,14,18,20,24H,12-13H2,1-2H3,(H,22,25). The summed E-state index contributed by atoms with van der Waals surface area (Å²) in [7, 11) is 0. The van der Waals surface area contributed by atoms with Crippen molar-refractivity contribution in [3.8, 4) is 0 Å². The zero-order valence-electron chi connectivity index (χ0n) is 15.5. The smallest absolute Gasteiger partial charge is 0.244 e. The number of nitrogens with one attached hydrogen (secondary N) is 1. The van der Waals surface area contributed by atoms with Gasteiger partial charge in [-0.1, -0.05) is 56.3 Å². The number of thioether (sulfide) groups is 1. The third-order valence-corrected chi connectivity index (χ3v) is 6.12. The maximum absolute atomic E-state index is 13.2. The van der Waals surface area contributed by atoms with Crippen LogP contribution in [0, 0.1) is 5.92 Å². The number of fused-ring (bicyclic) bond motifs is 1. The highest BCUT2D eigenvalue weighted by molar-refractivity contribution is 8.00. The topological polar surface area (TPSA) is 69.6 Å². The van der Waals surface area contributed by atoms with Crippen molar-refractivity contribution in [2.24, 2.45) is 5.92 Å². The molecule has 1 aliphatic rings. The SMILES string of the molecule is CC(C)C(SCC(O)c1ccccc1)C(=O)N1CC(=O)Nc2ccccc21. The predicted molar refractivity (Wildman–Crippen MR) is 110 cm³/mol. The zero-order valence-corrected chi connectivity index (χ0v) is 16.3. The molecular formula is C21H24N2O3S. The van der Waals surface area contributed by atoms with Crippen LogP contribution < -0.4 is 10.2 Å². The molecule has 1 aliphatic heterocycles. The molecule has 2 aromatic carbocycles. The van der Waals surface area contributed by atoms with Gasteiger partial charge in [0.2, 0.25) is 11.8 Å². The van der Waals surface area contributed by atoms with Crippen LogP contribution in [0.15, 0.2) is 54.6 Å². The summed E-state index contributed by atoms with van der Waals surface area (Å²) in [4.78, 5) is 26.8. The number of aliphatic hydroxyl groups excluding tert-OH is 1. The number of para-hydroxylation sites is 2. The van der Waals surface area contributed by atoms with Gasteiger partial charge in [0.15, 0.2) is 0 Å². The van der Waals surface area contributed by atoms with Gasteiger partial charge in [0.05, 0.1) is 22.7 Å². The van der Waals surface area contributed by atoms with Crippen molar-refractivity contribution >= 4 is 35.0 Å². The number of carbonyl (C=O) groups is 2. The first kappa shape index (κ1) is 19.5. The molecule has 3 rings (SSSR count). The molecule has 0 aromatic heterocycles. The van der Waals surface area contributed by atoms with Crippen LogP contribution in [0.25, 0.3) is 0 Å². The minimum Gasteiger partial charge on any atom is -0.388 e. The van der Waals surface area contributed by atoms with Crippen LogP contribution in [-0.2, 0) is 9.59 Å². The second-order valence-electron chi connectivity index (χ2n) is 6.91. The molecule has 2 N–H and O–H groups in total. The summed E-state index contributed by atoms with van der Waals surface area (Å²) in [6.45, 7) is 3.99. The molecule has 0 saturated carbocycles. The van der Waals surface area contributed by atoms with Crippen molar-refractivity contribution in [1.82, 2.24) is 0 Å². The average Bonchev–Trinajstić information content (AvgIpc) is 2.67. The van der Waals surface area contributed by atoms with Crippen molar-refractivity contribution in [3.63, 3.8) is 0 Å². The number of anilines is 2. The molecule has 5 nitrogen and oxygen atoms in total. The van der Waals surface area contributed by atoms with E-state index in [2.05, 4.69) is 5.32 Å². The number of amides is 2. The van der Waals surface area contributed by atoms with Crippen LogP contribution in [0.3, 0.4) is 0 Å². The number of hydrogen-bond donors (Lipinski definition) is 2. The second kappa shape index (κ2) is 8.59. The fourth-order valence-corrected chi connectivity index (χ4v) is 4.34. The van der Waals surface area contributed by atoms with Crippen molar-refractivity contribution in [3.05, 3.63) is 60.2 Å². The lowest BCUT2D eigenvalue weighted by Crippen LogP contribution is -2.47. The van der Waals surface area contributed by atoms with Gasteiger partial charge < -0.3 is 10.4 Å². The van der Waals surface area contributed by atoms with Gasteiger partial charge in [-0.05, 0) is 23.6 Å². The summed E-state index contributed by atoms with van der Waals surface area (Å²) in [5.74, 6) is 0.194. The van der Waals surface area contributed by atoms with Crippen LogP contribution in [0.2, 0.25) is 0 Å². The Kier molecular flexibility index (Phi) is 6.19. The Labute approximate surface area is 163 Å². The van der Waals surface area contributed by atoms with E-state index >= 15 is 0 Å². The van der Waals surface area contributed by atoms with Gasteiger partial charge in [-0.3, -0.25) is 14.5 Å². The monoisotopic (exact) mass is 384 g/mol. The molecule has 27 heavy (non-hydrogen) atoms. The molecule has 2 atom stereocenters. The Morgan fingerprint density at radius 1 is 1.15 bits per heavy atom. The molecular weight excluding hydrogens is 360 g/mol. The molecule has 0 spiro atoms. The highest BCUT2D eigenvalue weighted by Gasteiger charge is 2.33. The third-order valence-electron chi connectivity index (χ3n) is 4.50. The maximum atomic E-state index is 13.2. The van der Waals surface area contributed by atoms with Gasteiger partial charge in [0, 0.05) is 5.75 Å². The van der Waals surface area contributed by atoms with Gasteiger partial charge >= 0.3 is 0 Å². The van der Waals surface area contributed by atoms with Gasteiger partial charge in [-0.25, -0.2) is 0 Å². The number of nitrogens with zero attached hydrogens (tertiary/aromatic N) is 1. The van der Waals surface area contributed by atoms with E-state index in [9.17, 15) is 14.7 Å². The summed E-state index contributed by atoms with van der Waals surface area (Å²) in [5.41, 5.74) is 2.21. The molecule has 1 heterocycles. The van der Waals surface area contributed by atoms with Crippen molar-refractivity contribution in [2.45, 2.75) is 25.2 Å². The highest BCUT2D eigenvalue weighted by atomic mass is 32.2. The summed E-state index contributed by atoms with van der Waals surface area (Å²) in [6, 6.07) is 16.8. The number of rotatable bonds is 6. The van der Waals surface area contributed by atoms with E-state index in [1.54, 1.807) is 11.0 Å². The molecule has 2 unspecified atom stereocenters. The highest BCUT2D eigenvalue weighted by Crippen LogP contribution is 2.33. The number of carbonyl (C=O) groups excluding carboxylic acids is 2. The molecule has 2 amide bonds. The van der Waals surface area contributed by atoms with Crippen molar-refractivity contribution in [1.29, 1.82) is 0 Å². The Morgan fingerprint density at radius 3 is 2.52 bits per heavy atom. The van der Waals surface area contributed by atoms with Gasteiger partial charge in [0.25, 0.3) is 0 Å². The van der Waals surface area contributed by atoms with E-state index in [1.165, 1.54) is 11.8 Å². The number of benzene rings is 2. The molecule has 0 saturated heterocycles. The molecule has 6 heteroatoms. The maximum Gasteiger partial charge on any atom is 0.244 e. The van der Waals surface area contributed by atoms with Gasteiger partial charge in [0.1, 0.15) is 6.54 Å². The van der Waals surface area contributed by atoms with E-state index in [0.29, 0.717) is 11.4 Å². The van der Waals surface area contributed by atoms with Crippen LogP contribution >= 0.6 is 11.8 Å². The summed E-state index contributed by atoms with van der Waals surface area (Å²) < 4.78 is 0. The fourth-order valence-electron chi connectivity index (χ4n) is 3.10. The van der Waals surface area contributed by atoms with E-state index in [0.717, 1.165) is 11.3 Å². The summed E-state index contributed by atoms with van der Waals surface area (Å²) in [6.07, 6.45) is -0.637. The molecule has 0 aliphatic carbocycles. The molecule has 142 valence electrons. The quantitative estimate of drug-likeness (QED) is 0.800. The third kappa shape index (κ3) is 4.51. The van der Waals surface area contributed by atoms with E-state index in [-0.39, 0.29) is 29.5 Å². The van der Waals surface area contributed by atoms with Crippen LogP contribution in [0.4, 0.5) is 11.4 Å². The molecule has 2 aromatic rings. The zero-order chi connectivity index (χ0) is 19.4. The molecule has 0 fully saturated rings. The second-order valence-corrected chi connectivity index (χ2v) is 8.09. The van der Waals surface area contributed by atoms with Crippen LogP contribution in [-0.4, -0.2) is 34.5 Å². The molecule has 0 bridgehead atoms. The Morgan fingerprint density at radius 2 is 1.81 bits per heavy atom. The first-order chi connectivity index (χ1) is 13.0.